The molecule has 16 heavy (non-hydrogen) atoms. The predicted molar refractivity (Wildman–Crippen MR) is 52.8 cm³/mol. The van der Waals surface area contributed by atoms with Crippen molar-refractivity contribution in [1.29, 1.82) is 0 Å². The molecule has 5 heteroatoms. The van der Waals surface area contributed by atoms with Gasteiger partial charge in [-0.15, -0.1) is 0 Å². The van der Waals surface area contributed by atoms with Crippen LogP contribution in [0.15, 0.2) is 36.5 Å². The number of hydrogen-bond acceptors (Lipinski definition) is 2. The molecule has 0 spiro atoms. The zero-order valence-electron chi connectivity index (χ0n) is 8.07. The molecule has 84 valence electrons. The van der Waals surface area contributed by atoms with E-state index in [1.165, 1.54) is 30.5 Å². The second-order valence-electron chi connectivity index (χ2n) is 3.36. The summed E-state index contributed by atoms with van der Waals surface area (Å²) >= 11 is 0. The van der Waals surface area contributed by atoms with Crippen molar-refractivity contribution in [2.45, 2.75) is 12.3 Å². The van der Waals surface area contributed by atoms with Gasteiger partial charge in [-0.2, -0.15) is 13.2 Å². The zero-order valence-corrected chi connectivity index (χ0v) is 8.07. The van der Waals surface area contributed by atoms with Crippen molar-refractivity contribution < 1.29 is 18.3 Å². The van der Waals surface area contributed by atoms with Gasteiger partial charge in [0.25, 0.3) is 0 Å². The van der Waals surface area contributed by atoms with Gasteiger partial charge < -0.3 is 5.11 Å². The van der Waals surface area contributed by atoms with Gasteiger partial charge in [0.2, 0.25) is 0 Å². The first-order valence-corrected chi connectivity index (χ1v) is 4.58. The molecule has 0 amide bonds. The number of rotatable bonds is 1. The van der Waals surface area contributed by atoms with E-state index < -0.39 is 12.3 Å². The van der Waals surface area contributed by atoms with Crippen LogP contribution >= 0.6 is 0 Å². The number of halogens is 3. The summed E-state index contributed by atoms with van der Waals surface area (Å²) in [6, 6.07) is 7.34. The Morgan fingerprint density at radius 3 is 2.56 bits per heavy atom. The molecule has 2 nitrogen and oxygen atoms in total. The van der Waals surface area contributed by atoms with Gasteiger partial charge in [0.15, 0.2) is 6.10 Å². The summed E-state index contributed by atoms with van der Waals surface area (Å²) in [6.45, 7) is 0. The van der Waals surface area contributed by atoms with Crippen LogP contribution in [0.1, 0.15) is 11.7 Å². The number of aliphatic hydroxyl groups is 1. The molecule has 1 unspecified atom stereocenters. The second-order valence-corrected chi connectivity index (χ2v) is 3.36. The molecule has 0 aliphatic heterocycles. The fourth-order valence-electron chi connectivity index (χ4n) is 1.54. The van der Waals surface area contributed by atoms with Crippen LogP contribution in [0.4, 0.5) is 13.2 Å². The van der Waals surface area contributed by atoms with E-state index in [9.17, 15) is 18.3 Å². The minimum atomic E-state index is -4.66. The first-order valence-electron chi connectivity index (χ1n) is 4.58. The molecular weight excluding hydrogens is 219 g/mol. The van der Waals surface area contributed by atoms with Crippen molar-refractivity contribution in [3.63, 3.8) is 0 Å². The predicted octanol–water partition coefficient (Wildman–Crippen LogP) is 2.83. The van der Waals surface area contributed by atoms with Crippen molar-refractivity contribution in [3.8, 4) is 0 Å². The van der Waals surface area contributed by atoms with Crippen LogP contribution in [0.5, 0.6) is 0 Å². The molecule has 0 fully saturated rings. The van der Waals surface area contributed by atoms with E-state index in [-0.39, 0.29) is 5.56 Å². The quantitative estimate of drug-likeness (QED) is 0.812. The van der Waals surface area contributed by atoms with Gasteiger partial charge in [-0.25, -0.2) is 0 Å². The summed E-state index contributed by atoms with van der Waals surface area (Å²) in [5, 5.41) is 9.52. The maximum Gasteiger partial charge on any atom is 0.418 e. The van der Waals surface area contributed by atoms with Crippen LogP contribution in [0, 0.1) is 0 Å². The van der Waals surface area contributed by atoms with Gasteiger partial charge in [0, 0.05) is 11.6 Å². The van der Waals surface area contributed by atoms with Crippen LogP contribution in [0.2, 0.25) is 0 Å². The number of aliphatic hydroxyl groups excluding tert-OH is 1. The Balaban J connectivity index is 2.61. The molecule has 1 aromatic carbocycles. The van der Waals surface area contributed by atoms with Gasteiger partial charge in [-0.3, -0.25) is 4.98 Å². The van der Waals surface area contributed by atoms with Gasteiger partial charge >= 0.3 is 6.18 Å². The molecule has 0 saturated carbocycles. The number of pyridine rings is 1. The van der Waals surface area contributed by atoms with Crippen molar-refractivity contribution in [3.05, 3.63) is 42.1 Å². The number of hydrogen-bond donors (Lipinski definition) is 1. The van der Waals surface area contributed by atoms with E-state index in [0.29, 0.717) is 10.9 Å². The smallest absolute Gasteiger partial charge is 0.379 e. The first kappa shape index (κ1) is 10.9. The van der Waals surface area contributed by atoms with Crippen LogP contribution in [-0.4, -0.2) is 16.3 Å². The van der Waals surface area contributed by atoms with Crippen molar-refractivity contribution in [2.24, 2.45) is 0 Å². The summed E-state index contributed by atoms with van der Waals surface area (Å²) < 4.78 is 37.2. The third-order valence-corrected chi connectivity index (χ3v) is 2.28. The Morgan fingerprint density at radius 2 is 1.88 bits per heavy atom. The molecule has 0 saturated heterocycles. The number of aromatic nitrogens is 1. The topological polar surface area (TPSA) is 33.1 Å². The molecule has 0 bridgehead atoms. The third-order valence-electron chi connectivity index (χ3n) is 2.28. The lowest BCUT2D eigenvalue weighted by molar-refractivity contribution is -0.206. The number of fused-ring (bicyclic) bond motifs is 1. The highest BCUT2D eigenvalue weighted by molar-refractivity contribution is 5.82. The highest BCUT2D eigenvalue weighted by Gasteiger charge is 2.40. The van der Waals surface area contributed by atoms with E-state index in [1.54, 1.807) is 6.07 Å². The van der Waals surface area contributed by atoms with Gasteiger partial charge in [-0.1, -0.05) is 18.2 Å². The Morgan fingerprint density at radius 1 is 1.12 bits per heavy atom. The molecule has 1 heterocycles. The lowest BCUT2D eigenvalue weighted by Crippen LogP contribution is -2.20. The molecule has 0 radical (unpaired) electrons. The normalized spacial score (nSPS) is 14.0. The molecule has 2 aromatic rings. The highest BCUT2D eigenvalue weighted by atomic mass is 19.4. The lowest BCUT2D eigenvalue weighted by atomic mass is 10.0. The maximum atomic E-state index is 12.4. The SMILES string of the molecule is OC(c1cccc2ncccc12)C(F)(F)F. The summed E-state index contributed by atoms with van der Waals surface area (Å²) in [6.07, 6.45) is -5.64. The third kappa shape index (κ3) is 1.86. The second kappa shape index (κ2) is 3.75. The van der Waals surface area contributed by atoms with Crippen molar-refractivity contribution in [1.82, 2.24) is 4.98 Å². The Labute approximate surface area is 89.4 Å². The average Bonchev–Trinajstić information content (AvgIpc) is 2.26. The van der Waals surface area contributed by atoms with E-state index in [0.717, 1.165) is 0 Å². The van der Waals surface area contributed by atoms with Crippen molar-refractivity contribution >= 4 is 10.9 Å². The molecule has 1 atom stereocenters. The Bertz CT molecular complexity index is 505. The van der Waals surface area contributed by atoms with Crippen molar-refractivity contribution in [2.75, 3.05) is 0 Å². The summed E-state index contributed by atoms with van der Waals surface area (Å²) in [5.74, 6) is 0. The van der Waals surface area contributed by atoms with Crippen LogP contribution in [-0.2, 0) is 0 Å². The molecule has 2 rings (SSSR count). The summed E-state index contributed by atoms with van der Waals surface area (Å²) in [5.41, 5.74) is 0.265. The highest BCUT2D eigenvalue weighted by Crippen LogP contribution is 2.35. The van der Waals surface area contributed by atoms with Crippen LogP contribution in [0.25, 0.3) is 10.9 Å². The van der Waals surface area contributed by atoms with Gasteiger partial charge in [-0.05, 0) is 17.7 Å². The Hall–Kier alpha value is -1.62. The van der Waals surface area contributed by atoms with E-state index in [4.69, 9.17) is 0 Å². The van der Waals surface area contributed by atoms with Crippen LogP contribution < -0.4 is 0 Å². The zero-order chi connectivity index (χ0) is 11.8. The first-order chi connectivity index (χ1) is 7.50. The fourth-order valence-corrected chi connectivity index (χ4v) is 1.54. The summed E-state index contributed by atoms with van der Waals surface area (Å²) in [4.78, 5) is 3.93. The maximum absolute atomic E-state index is 12.4. The fraction of sp³-hybridized carbons (Fsp3) is 0.182. The minimum absolute atomic E-state index is 0.168. The van der Waals surface area contributed by atoms with Gasteiger partial charge in [0.1, 0.15) is 0 Å². The van der Waals surface area contributed by atoms with Crippen LogP contribution in [0.3, 0.4) is 0 Å². The number of alkyl halides is 3. The summed E-state index contributed by atoms with van der Waals surface area (Å²) in [7, 11) is 0. The number of nitrogens with zero attached hydrogens (tertiary/aromatic N) is 1. The molecule has 0 aliphatic carbocycles. The molecular formula is C11H8F3NO. The van der Waals surface area contributed by atoms with E-state index >= 15 is 0 Å². The number of benzene rings is 1. The molecule has 1 N–H and O–H groups in total. The van der Waals surface area contributed by atoms with E-state index in [1.807, 2.05) is 0 Å². The van der Waals surface area contributed by atoms with E-state index in [2.05, 4.69) is 4.98 Å². The standard InChI is InChI=1S/C11H8F3NO/c12-11(13,14)10(16)8-3-1-5-9-7(8)4-2-6-15-9/h1-6,10,16H. The lowest BCUT2D eigenvalue weighted by Gasteiger charge is -2.16. The van der Waals surface area contributed by atoms with Gasteiger partial charge in [0.05, 0.1) is 5.52 Å². The molecule has 0 aliphatic rings. The molecule has 1 aromatic heterocycles. The average molecular weight is 227 g/mol. The minimum Gasteiger partial charge on any atom is -0.379 e. The monoisotopic (exact) mass is 227 g/mol. The largest absolute Gasteiger partial charge is 0.418 e. The Kier molecular flexibility index (Phi) is 2.55.